The lowest BCUT2D eigenvalue weighted by molar-refractivity contribution is -0.402. The number of hydrogen-bond acceptors (Lipinski definition) is 7. The fraction of sp³-hybridized carbons (Fsp3) is 0. The largest absolute Gasteiger partial charge is 0.433 e. The van der Waals surface area contributed by atoms with Crippen molar-refractivity contribution in [3.05, 3.63) is 52.3 Å². The minimum Gasteiger partial charge on any atom is -0.400 e. The standard InChI is InChI=1S/C10H7N5O4/c16-10(8-6-11-3-4-12-8)14-13-5-7-1-2-9(19-7)15(17)18/h1-6H,(H,14,16). The van der Waals surface area contributed by atoms with Crippen LogP contribution in [-0.4, -0.2) is 27.0 Å². The van der Waals surface area contributed by atoms with Gasteiger partial charge in [0.1, 0.15) is 10.6 Å². The Bertz CT molecular complexity index is 622. The summed E-state index contributed by atoms with van der Waals surface area (Å²) in [5, 5.41) is 13.9. The summed E-state index contributed by atoms with van der Waals surface area (Å²) in [7, 11) is 0. The summed E-state index contributed by atoms with van der Waals surface area (Å²) in [4.78, 5) is 28.7. The molecule has 0 unspecified atom stereocenters. The zero-order valence-corrected chi connectivity index (χ0v) is 9.39. The highest BCUT2D eigenvalue weighted by molar-refractivity contribution is 5.92. The molecule has 0 aliphatic rings. The van der Waals surface area contributed by atoms with Crippen molar-refractivity contribution in [1.82, 2.24) is 15.4 Å². The highest BCUT2D eigenvalue weighted by atomic mass is 16.6. The molecule has 1 N–H and O–H groups in total. The van der Waals surface area contributed by atoms with Crippen molar-refractivity contribution >= 4 is 18.0 Å². The highest BCUT2D eigenvalue weighted by Crippen LogP contribution is 2.13. The molecule has 0 spiro atoms. The van der Waals surface area contributed by atoms with Gasteiger partial charge in [0.05, 0.1) is 18.5 Å². The van der Waals surface area contributed by atoms with Crippen LogP contribution in [0.3, 0.4) is 0 Å². The Hall–Kier alpha value is -3.10. The van der Waals surface area contributed by atoms with Gasteiger partial charge >= 0.3 is 5.88 Å². The Balaban J connectivity index is 1.96. The first kappa shape index (κ1) is 12.4. The summed E-state index contributed by atoms with van der Waals surface area (Å²) in [6.07, 6.45) is 5.22. The Labute approximate surface area is 106 Å². The van der Waals surface area contributed by atoms with Crippen molar-refractivity contribution in [3.63, 3.8) is 0 Å². The van der Waals surface area contributed by atoms with Crippen molar-refractivity contribution in [2.24, 2.45) is 5.10 Å². The molecule has 9 heteroatoms. The smallest absolute Gasteiger partial charge is 0.400 e. The fourth-order valence-electron chi connectivity index (χ4n) is 1.14. The normalized spacial score (nSPS) is 10.5. The number of nitrogens with one attached hydrogen (secondary N) is 1. The van der Waals surface area contributed by atoms with Gasteiger partial charge in [0.15, 0.2) is 5.76 Å². The van der Waals surface area contributed by atoms with Crippen LogP contribution in [0.4, 0.5) is 5.88 Å². The molecule has 0 aliphatic heterocycles. The Kier molecular flexibility index (Phi) is 3.57. The lowest BCUT2D eigenvalue weighted by atomic mass is 10.4. The molecule has 9 nitrogen and oxygen atoms in total. The molecule has 0 radical (unpaired) electrons. The molecule has 0 fully saturated rings. The van der Waals surface area contributed by atoms with E-state index in [4.69, 9.17) is 4.42 Å². The Morgan fingerprint density at radius 2 is 2.32 bits per heavy atom. The zero-order chi connectivity index (χ0) is 13.7. The van der Waals surface area contributed by atoms with E-state index in [-0.39, 0.29) is 11.5 Å². The van der Waals surface area contributed by atoms with Crippen LogP contribution in [0, 0.1) is 10.1 Å². The molecule has 2 heterocycles. The second kappa shape index (κ2) is 5.49. The van der Waals surface area contributed by atoms with Gasteiger partial charge in [-0.2, -0.15) is 5.10 Å². The monoisotopic (exact) mass is 261 g/mol. The van der Waals surface area contributed by atoms with E-state index in [9.17, 15) is 14.9 Å². The van der Waals surface area contributed by atoms with Gasteiger partial charge in [0.25, 0.3) is 5.91 Å². The molecule has 1 amide bonds. The van der Waals surface area contributed by atoms with E-state index in [1.165, 1.54) is 30.7 Å². The zero-order valence-electron chi connectivity index (χ0n) is 9.39. The number of carbonyl (C=O) groups excluding carboxylic acids is 1. The van der Waals surface area contributed by atoms with E-state index in [2.05, 4.69) is 20.5 Å². The molecule has 2 aromatic heterocycles. The van der Waals surface area contributed by atoms with Gasteiger partial charge in [0, 0.05) is 12.4 Å². The summed E-state index contributed by atoms with van der Waals surface area (Å²) >= 11 is 0. The number of carbonyl (C=O) groups is 1. The number of hydrazone groups is 1. The van der Waals surface area contributed by atoms with E-state index in [1.807, 2.05) is 0 Å². The SMILES string of the molecule is O=C(NN=Cc1ccc([N+](=O)[O-])o1)c1cnccn1. The molecule has 2 rings (SSSR count). The van der Waals surface area contributed by atoms with Gasteiger partial charge in [-0.25, -0.2) is 10.4 Å². The highest BCUT2D eigenvalue weighted by Gasteiger charge is 2.10. The summed E-state index contributed by atoms with van der Waals surface area (Å²) in [6, 6.07) is 2.54. The van der Waals surface area contributed by atoms with Gasteiger partial charge in [-0.1, -0.05) is 0 Å². The van der Waals surface area contributed by atoms with Gasteiger partial charge in [0.2, 0.25) is 0 Å². The molecule has 2 aromatic rings. The third-order valence-corrected chi connectivity index (χ3v) is 1.95. The Morgan fingerprint density at radius 3 is 2.95 bits per heavy atom. The molecule has 19 heavy (non-hydrogen) atoms. The summed E-state index contributed by atoms with van der Waals surface area (Å²) in [5.74, 6) is -0.807. The van der Waals surface area contributed by atoms with Crippen LogP contribution in [0.25, 0.3) is 0 Å². The van der Waals surface area contributed by atoms with Crippen molar-refractivity contribution in [3.8, 4) is 0 Å². The first-order valence-electron chi connectivity index (χ1n) is 5.00. The van der Waals surface area contributed by atoms with Gasteiger partial charge in [-0.05, 0) is 6.07 Å². The van der Waals surface area contributed by atoms with E-state index in [1.54, 1.807) is 0 Å². The van der Waals surface area contributed by atoms with Crippen LogP contribution in [0.5, 0.6) is 0 Å². The molecule has 0 atom stereocenters. The lowest BCUT2D eigenvalue weighted by Gasteiger charge is -1.96. The number of hydrogen-bond donors (Lipinski definition) is 1. The average Bonchev–Trinajstić information content (AvgIpc) is 2.89. The third kappa shape index (κ3) is 3.19. The van der Waals surface area contributed by atoms with Crippen molar-refractivity contribution in [2.75, 3.05) is 0 Å². The maximum atomic E-state index is 11.5. The quantitative estimate of drug-likeness (QED) is 0.491. The first-order chi connectivity index (χ1) is 9.16. The van der Waals surface area contributed by atoms with E-state index in [0.717, 1.165) is 6.21 Å². The van der Waals surface area contributed by atoms with Gasteiger partial charge < -0.3 is 4.42 Å². The summed E-state index contributed by atoms with van der Waals surface area (Å²) < 4.78 is 4.80. The third-order valence-electron chi connectivity index (χ3n) is 1.95. The molecule has 0 aromatic carbocycles. The van der Waals surface area contributed by atoms with E-state index >= 15 is 0 Å². The van der Waals surface area contributed by atoms with E-state index < -0.39 is 16.7 Å². The molecule has 0 aliphatic carbocycles. The molecule has 0 saturated heterocycles. The van der Waals surface area contributed by atoms with Gasteiger partial charge in [-0.3, -0.25) is 19.9 Å². The van der Waals surface area contributed by atoms with E-state index in [0.29, 0.717) is 0 Å². The van der Waals surface area contributed by atoms with Crippen LogP contribution in [-0.2, 0) is 0 Å². The summed E-state index contributed by atoms with van der Waals surface area (Å²) in [5.41, 5.74) is 2.29. The number of furan rings is 1. The second-order valence-corrected chi connectivity index (χ2v) is 3.22. The molecule has 96 valence electrons. The first-order valence-corrected chi connectivity index (χ1v) is 5.00. The topological polar surface area (TPSA) is 124 Å². The van der Waals surface area contributed by atoms with Crippen molar-refractivity contribution in [1.29, 1.82) is 0 Å². The van der Waals surface area contributed by atoms with Crippen molar-refractivity contribution in [2.45, 2.75) is 0 Å². The number of amides is 1. The van der Waals surface area contributed by atoms with Crippen LogP contribution < -0.4 is 5.43 Å². The maximum absolute atomic E-state index is 11.5. The van der Waals surface area contributed by atoms with Crippen LogP contribution in [0.15, 0.2) is 40.2 Å². The number of nitrogens with zero attached hydrogens (tertiary/aromatic N) is 4. The number of aromatic nitrogens is 2. The van der Waals surface area contributed by atoms with Gasteiger partial charge in [-0.15, -0.1) is 0 Å². The van der Waals surface area contributed by atoms with Crippen LogP contribution >= 0.6 is 0 Å². The molecule has 0 saturated carbocycles. The molecule has 0 bridgehead atoms. The number of rotatable bonds is 4. The predicted molar refractivity (Wildman–Crippen MR) is 62.5 cm³/mol. The molecular formula is C10H7N5O4. The second-order valence-electron chi connectivity index (χ2n) is 3.22. The van der Waals surface area contributed by atoms with Crippen molar-refractivity contribution < 1.29 is 14.1 Å². The fourth-order valence-corrected chi connectivity index (χ4v) is 1.14. The minimum atomic E-state index is -0.671. The molecular weight excluding hydrogens is 254 g/mol. The van der Waals surface area contributed by atoms with Crippen LogP contribution in [0.1, 0.15) is 16.2 Å². The number of nitro groups is 1. The van der Waals surface area contributed by atoms with Crippen LogP contribution in [0.2, 0.25) is 0 Å². The maximum Gasteiger partial charge on any atom is 0.433 e. The average molecular weight is 261 g/mol. The Morgan fingerprint density at radius 1 is 1.47 bits per heavy atom. The predicted octanol–water partition coefficient (Wildman–Crippen LogP) is 0.742. The lowest BCUT2D eigenvalue weighted by Crippen LogP contribution is -2.18. The minimum absolute atomic E-state index is 0.102. The summed E-state index contributed by atoms with van der Waals surface area (Å²) in [6.45, 7) is 0.